The molecule has 1 aliphatic heterocycles. The second kappa shape index (κ2) is 7.32. The Labute approximate surface area is 186 Å². The lowest BCUT2D eigenvalue weighted by atomic mass is 9.94. The number of benzene rings is 2. The van der Waals surface area contributed by atoms with Crippen LogP contribution in [0, 0.1) is 6.92 Å². The van der Waals surface area contributed by atoms with Crippen LogP contribution in [0.3, 0.4) is 0 Å². The Hall–Kier alpha value is -3.43. The van der Waals surface area contributed by atoms with Crippen LogP contribution >= 0.6 is 0 Å². The molecular weight excluding hydrogens is 430 g/mol. The number of amides is 1. The van der Waals surface area contributed by atoms with E-state index < -0.39 is 15.4 Å². The molecule has 8 nitrogen and oxygen atoms in total. The first-order chi connectivity index (χ1) is 15.3. The minimum Gasteiger partial charge on any atom is -0.454 e. The Morgan fingerprint density at radius 1 is 1.06 bits per heavy atom. The SMILES string of the molecule is Cc1nc(NC(=O)C2(c3ccc4c(c3)OCO4)CC2)ccc1-c1ccc(S(N)(=O)=O)cc1.[HH]. The van der Waals surface area contributed by atoms with E-state index in [2.05, 4.69) is 10.3 Å². The predicted octanol–water partition coefficient (Wildman–Crippen LogP) is 3.35. The second-order valence-electron chi connectivity index (χ2n) is 8.00. The lowest BCUT2D eigenvalue weighted by molar-refractivity contribution is -0.118. The predicted molar refractivity (Wildman–Crippen MR) is 120 cm³/mol. The maximum atomic E-state index is 13.1. The fraction of sp³-hybridized carbons (Fsp3) is 0.217. The number of carbonyl (C=O) groups excluding carboxylic acids is 1. The molecule has 3 aromatic rings. The van der Waals surface area contributed by atoms with Gasteiger partial charge in [0, 0.05) is 12.7 Å². The quantitative estimate of drug-likeness (QED) is 0.611. The van der Waals surface area contributed by atoms with Gasteiger partial charge in [0.05, 0.1) is 10.3 Å². The van der Waals surface area contributed by atoms with Crippen LogP contribution < -0.4 is 19.9 Å². The van der Waals surface area contributed by atoms with Crippen molar-refractivity contribution in [1.29, 1.82) is 0 Å². The highest BCUT2D eigenvalue weighted by atomic mass is 32.2. The molecule has 1 saturated carbocycles. The topological polar surface area (TPSA) is 121 Å². The average molecular weight is 454 g/mol. The van der Waals surface area contributed by atoms with Crippen LogP contribution in [0.25, 0.3) is 11.1 Å². The number of nitrogens with one attached hydrogen (secondary N) is 1. The van der Waals surface area contributed by atoms with E-state index in [0.29, 0.717) is 23.0 Å². The van der Waals surface area contributed by atoms with E-state index in [1.54, 1.807) is 18.2 Å². The van der Waals surface area contributed by atoms with Crippen molar-refractivity contribution in [1.82, 2.24) is 4.98 Å². The Balaban J connectivity index is 0.00000259. The normalized spacial score (nSPS) is 15.9. The number of carbonyl (C=O) groups is 1. The third-order valence-corrected chi connectivity index (χ3v) is 6.86. The standard InChI is InChI=1S/C23H21N3O5S.H2/c1-14-18(15-2-5-17(6-3-15)32(24,28)29)7-9-21(25-14)26-22(27)23(10-11-23)16-4-8-19-20(12-16)31-13-30-19;/h2-9,12H,10-11,13H2,1H3,(H2,24,28,29)(H,25,26,27);1H. The molecule has 0 radical (unpaired) electrons. The number of hydrogen-bond donors (Lipinski definition) is 2. The van der Waals surface area contributed by atoms with Crippen LogP contribution in [0.4, 0.5) is 5.82 Å². The summed E-state index contributed by atoms with van der Waals surface area (Å²) in [7, 11) is -3.74. The molecule has 1 aromatic heterocycles. The Bertz CT molecular complexity index is 1340. The molecule has 1 fully saturated rings. The van der Waals surface area contributed by atoms with Gasteiger partial charge in [-0.1, -0.05) is 18.2 Å². The molecule has 32 heavy (non-hydrogen) atoms. The van der Waals surface area contributed by atoms with Gasteiger partial charge >= 0.3 is 0 Å². The number of pyridine rings is 1. The van der Waals surface area contributed by atoms with Crippen LogP contribution in [-0.4, -0.2) is 26.1 Å². The first kappa shape index (κ1) is 20.5. The lowest BCUT2D eigenvalue weighted by Crippen LogP contribution is -2.28. The third kappa shape index (κ3) is 3.59. The first-order valence-corrected chi connectivity index (χ1v) is 11.6. The molecule has 9 heteroatoms. The summed E-state index contributed by atoms with van der Waals surface area (Å²) in [5.74, 6) is 1.71. The van der Waals surface area contributed by atoms with E-state index in [1.807, 2.05) is 31.2 Å². The van der Waals surface area contributed by atoms with Crippen LogP contribution in [0.1, 0.15) is 25.5 Å². The minimum atomic E-state index is -3.74. The number of rotatable bonds is 5. The van der Waals surface area contributed by atoms with Gasteiger partial charge in [0.25, 0.3) is 0 Å². The number of nitrogens with two attached hydrogens (primary N) is 1. The fourth-order valence-electron chi connectivity index (χ4n) is 3.96. The molecule has 0 spiro atoms. The summed E-state index contributed by atoms with van der Waals surface area (Å²) in [6.07, 6.45) is 1.51. The summed E-state index contributed by atoms with van der Waals surface area (Å²) >= 11 is 0. The molecule has 2 aromatic carbocycles. The molecule has 0 unspecified atom stereocenters. The lowest BCUT2D eigenvalue weighted by Gasteiger charge is -2.16. The average Bonchev–Trinajstić information content (AvgIpc) is 3.44. The van der Waals surface area contributed by atoms with Crippen molar-refractivity contribution in [2.24, 2.45) is 5.14 Å². The maximum Gasteiger partial charge on any atom is 0.238 e. The van der Waals surface area contributed by atoms with Crippen LogP contribution in [0.5, 0.6) is 11.5 Å². The number of anilines is 1. The fourth-order valence-corrected chi connectivity index (χ4v) is 4.48. The Kier molecular flexibility index (Phi) is 4.68. The van der Waals surface area contributed by atoms with Crippen molar-refractivity contribution in [3.63, 3.8) is 0 Å². The van der Waals surface area contributed by atoms with E-state index >= 15 is 0 Å². The van der Waals surface area contributed by atoms with Gasteiger partial charge in [0.15, 0.2) is 11.5 Å². The number of primary sulfonamides is 1. The van der Waals surface area contributed by atoms with E-state index in [1.165, 1.54) is 12.1 Å². The summed E-state index contributed by atoms with van der Waals surface area (Å²) < 4.78 is 33.7. The molecule has 5 rings (SSSR count). The number of aromatic nitrogens is 1. The number of nitrogens with zero attached hydrogens (tertiary/aromatic N) is 1. The van der Waals surface area contributed by atoms with Crippen molar-refractivity contribution in [2.45, 2.75) is 30.1 Å². The molecular formula is C23H23N3O5S. The summed E-state index contributed by atoms with van der Waals surface area (Å²) in [6, 6.07) is 15.5. The van der Waals surface area contributed by atoms with Crippen molar-refractivity contribution in [3.05, 3.63) is 65.9 Å². The number of sulfonamides is 1. The summed E-state index contributed by atoms with van der Waals surface area (Å²) in [4.78, 5) is 17.7. The van der Waals surface area contributed by atoms with Crippen LogP contribution in [0.2, 0.25) is 0 Å². The zero-order valence-corrected chi connectivity index (χ0v) is 18.1. The minimum absolute atomic E-state index is 0. The summed E-state index contributed by atoms with van der Waals surface area (Å²) in [6.45, 7) is 2.03. The van der Waals surface area contributed by atoms with Gasteiger partial charge in [-0.3, -0.25) is 4.79 Å². The van der Waals surface area contributed by atoms with Gasteiger partial charge in [0.2, 0.25) is 22.7 Å². The molecule has 1 amide bonds. The zero-order chi connectivity index (χ0) is 22.5. The third-order valence-electron chi connectivity index (χ3n) is 5.93. The smallest absolute Gasteiger partial charge is 0.238 e. The Morgan fingerprint density at radius 2 is 1.78 bits per heavy atom. The highest BCUT2D eigenvalue weighted by Crippen LogP contribution is 2.51. The summed E-state index contributed by atoms with van der Waals surface area (Å²) in [5.41, 5.74) is 2.67. The molecule has 3 N–H and O–H groups in total. The van der Waals surface area contributed by atoms with Crippen molar-refractivity contribution < 1.29 is 24.1 Å². The molecule has 2 aliphatic rings. The van der Waals surface area contributed by atoms with Gasteiger partial charge in [0.1, 0.15) is 5.82 Å². The number of ether oxygens (including phenoxy) is 2. The molecule has 0 saturated heterocycles. The Morgan fingerprint density at radius 3 is 2.44 bits per heavy atom. The molecule has 0 bridgehead atoms. The summed E-state index contributed by atoms with van der Waals surface area (Å²) in [5, 5.41) is 8.10. The van der Waals surface area contributed by atoms with Gasteiger partial charge in [-0.05, 0) is 67.3 Å². The highest BCUT2D eigenvalue weighted by molar-refractivity contribution is 7.89. The first-order valence-electron chi connectivity index (χ1n) is 10.1. The number of fused-ring (bicyclic) bond motifs is 1. The number of hydrogen-bond acceptors (Lipinski definition) is 6. The molecule has 2 heterocycles. The van der Waals surface area contributed by atoms with E-state index in [-0.39, 0.29) is 19.0 Å². The number of aryl methyl sites for hydroxylation is 1. The van der Waals surface area contributed by atoms with Crippen molar-refractivity contribution >= 4 is 21.7 Å². The van der Waals surface area contributed by atoms with Crippen LogP contribution in [0.15, 0.2) is 59.5 Å². The van der Waals surface area contributed by atoms with E-state index in [0.717, 1.165) is 29.5 Å². The molecule has 0 atom stereocenters. The largest absolute Gasteiger partial charge is 0.454 e. The monoisotopic (exact) mass is 453 g/mol. The highest BCUT2D eigenvalue weighted by Gasteiger charge is 2.51. The van der Waals surface area contributed by atoms with Gasteiger partial charge in [-0.25, -0.2) is 18.5 Å². The second-order valence-corrected chi connectivity index (χ2v) is 9.56. The van der Waals surface area contributed by atoms with Gasteiger partial charge < -0.3 is 14.8 Å². The van der Waals surface area contributed by atoms with Crippen LogP contribution in [-0.2, 0) is 20.2 Å². The van der Waals surface area contributed by atoms with E-state index in [4.69, 9.17) is 14.6 Å². The van der Waals surface area contributed by atoms with Gasteiger partial charge in [-0.15, -0.1) is 0 Å². The van der Waals surface area contributed by atoms with E-state index in [9.17, 15) is 13.2 Å². The van der Waals surface area contributed by atoms with Crippen molar-refractivity contribution in [2.75, 3.05) is 12.1 Å². The molecule has 166 valence electrons. The maximum absolute atomic E-state index is 13.1. The van der Waals surface area contributed by atoms with Gasteiger partial charge in [-0.2, -0.15) is 0 Å². The molecule has 1 aliphatic carbocycles. The van der Waals surface area contributed by atoms with Crippen molar-refractivity contribution in [3.8, 4) is 22.6 Å². The zero-order valence-electron chi connectivity index (χ0n) is 17.3.